The van der Waals surface area contributed by atoms with E-state index in [0.717, 1.165) is 53.5 Å². The summed E-state index contributed by atoms with van der Waals surface area (Å²) in [6.07, 6.45) is 11.6. The van der Waals surface area contributed by atoms with Crippen LogP contribution in [0.5, 0.6) is 0 Å². The van der Waals surface area contributed by atoms with Gasteiger partial charge in [-0.2, -0.15) is 14.7 Å². The monoisotopic (exact) mass is 374 g/mol. The van der Waals surface area contributed by atoms with E-state index in [1.165, 1.54) is 6.42 Å². The van der Waals surface area contributed by atoms with E-state index in [1.807, 2.05) is 42.3 Å². The molecule has 142 valence electrons. The summed E-state index contributed by atoms with van der Waals surface area (Å²) in [5.74, 6) is 1.29. The summed E-state index contributed by atoms with van der Waals surface area (Å²) < 4.78 is 3.66. The molecule has 1 aliphatic rings. The second-order valence-corrected chi connectivity index (χ2v) is 7.17. The molecule has 1 aliphatic heterocycles. The predicted molar refractivity (Wildman–Crippen MR) is 108 cm³/mol. The van der Waals surface area contributed by atoms with Gasteiger partial charge >= 0.3 is 0 Å². The van der Waals surface area contributed by atoms with Crippen LogP contribution in [-0.4, -0.2) is 42.5 Å². The van der Waals surface area contributed by atoms with Gasteiger partial charge in [-0.3, -0.25) is 9.67 Å². The van der Waals surface area contributed by atoms with Crippen molar-refractivity contribution in [1.29, 1.82) is 0 Å². The van der Waals surface area contributed by atoms with Crippen molar-refractivity contribution < 1.29 is 0 Å². The molecule has 0 radical (unpaired) electrons. The highest BCUT2D eigenvalue weighted by molar-refractivity contribution is 5.78. The van der Waals surface area contributed by atoms with Crippen LogP contribution in [0.25, 0.3) is 16.8 Å². The molecule has 0 aliphatic carbocycles. The Morgan fingerprint density at radius 3 is 2.82 bits per heavy atom. The number of piperidine rings is 1. The number of anilines is 2. The molecule has 5 heterocycles. The Labute approximate surface area is 162 Å². The zero-order chi connectivity index (χ0) is 18.9. The molecular weight excluding hydrogens is 352 g/mol. The summed E-state index contributed by atoms with van der Waals surface area (Å²) in [5, 5.41) is 15.9. The summed E-state index contributed by atoms with van der Waals surface area (Å²) in [4.78, 5) is 9.11. The molecule has 8 heteroatoms. The van der Waals surface area contributed by atoms with Crippen molar-refractivity contribution in [2.75, 3.05) is 18.4 Å². The second kappa shape index (κ2) is 7.05. The average molecular weight is 374 g/mol. The lowest BCUT2D eigenvalue weighted by Gasteiger charge is -2.23. The third kappa shape index (κ3) is 3.11. The Bertz CT molecular complexity index is 1090. The summed E-state index contributed by atoms with van der Waals surface area (Å²) in [6.45, 7) is 2.03. The van der Waals surface area contributed by atoms with E-state index in [9.17, 15) is 0 Å². The van der Waals surface area contributed by atoms with Crippen LogP contribution in [0.1, 0.15) is 24.5 Å². The Balaban J connectivity index is 1.65. The number of aryl methyl sites for hydroxylation is 1. The number of nitrogens with one attached hydrogen (secondary N) is 2. The van der Waals surface area contributed by atoms with E-state index in [2.05, 4.69) is 31.9 Å². The molecule has 1 fully saturated rings. The standard InChI is InChI=1S/C20H22N8/c1-27-13-15(11-23-27)17-12-24-28-19(25-16-4-7-21-8-5-16)9-18(26-20(17)28)14-3-2-6-22-10-14/h4-5,7-9,11-14,22H,2-3,6,10H2,1H3,(H,21,25). The van der Waals surface area contributed by atoms with Crippen LogP contribution >= 0.6 is 0 Å². The fourth-order valence-electron chi connectivity index (χ4n) is 3.73. The van der Waals surface area contributed by atoms with Gasteiger partial charge < -0.3 is 10.6 Å². The number of hydrogen-bond donors (Lipinski definition) is 2. The van der Waals surface area contributed by atoms with Crippen LogP contribution in [0.15, 0.2) is 49.2 Å². The van der Waals surface area contributed by atoms with Gasteiger partial charge in [0.2, 0.25) is 0 Å². The maximum atomic E-state index is 5.02. The highest BCUT2D eigenvalue weighted by atomic mass is 15.3. The minimum absolute atomic E-state index is 0.397. The summed E-state index contributed by atoms with van der Waals surface area (Å²) in [5.41, 5.74) is 4.89. The number of nitrogens with zero attached hydrogens (tertiary/aromatic N) is 6. The van der Waals surface area contributed by atoms with Crippen molar-refractivity contribution in [1.82, 2.24) is 34.7 Å². The first kappa shape index (κ1) is 16.9. The molecule has 5 rings (SSSR count). The van der Waals surface area contributed by atoms with Gasteiger partial charge in [-0.15, -0.1) is 0 Å². The lowest BCUT2D eigenvalue weighted by Crippen LogP contribution is -2.29. The first-order valence-corrected chi connectivity index (χ1v) is 9.53. The molecule has 8 nitrogen and oxygen atoms in total. The molecule has 1 unspecified atom stereocenters. The summed E-state index contributed by atoms with van der Waals surface area (Å²) in [7, 11) is 1.91. The molecule has 0 saturated carbocycles. The van der Waals surface area contributed by atoms with Crippen LogP contribution < -0.4 is 10.6 Å². The normalized spacial score (nSPS) is 17.1. The highest BCUT2D eigenvalue weighted by Crippen LogP contribution is 2.30. The molecule has 1 atom stereocenters. The minimum atomic E-state index is 0.397. The number of pyridine rings is 1. The van der Waals surface area contributed by atoms with Gasteiger partial charge in [-0.25, -0.2) is 4.98 Å². The third-order valence-electron chi connectivity index (χ3n) is 5.18. The number of rotatable bonds is 4. The fourth-order valence-corrected chi connectivity index (χ4v) is 3.73. The van der Waals surface area contributed by atoms with Crippen molar-refractivity contribution >= 4 is 17.2 Å². The summed E-state index contributed by atoms with van der Waals surface area (Å²) >= 11 is 0. The first-order valence-electron chi connectivity index (χ1n) is 9.53. The van der Waals surface area contributed by atoms with Gasteiger partial charge in [0, 0.05) is 61.0 Å². The molecule has 0 aromatic carbocycles. The first-order chi connectivity index (χ1) is 13.8. The number of aromatic nitrogens is 6. The Morgan fingerprint density at radius 1 is 1.18 bits per heavy atom. The van der Waals surface area contributed by atoms with Gasteiger partial charge in [0.25, 0.3) is 0 Å². The van der Waals surface area contributed by atoms with Crippen LogP contribution in [0, 0.1) is 0 Å². The molecule has 28 heavy (non-hydrogen) atoms. The van der Waals surface area contributed by atoms with Crippen molar-refractivity contribution in [2.24, 2.45) is 7.05 Å². The molecular formula is C20H22N8. The van der Waals surface area contributed by atoms with Crippen LogP contribution in [0.2, 0.25) is 0 Å². The Morgan fingerprint density at radius 2 is 2.07 bits per heavy atom. The van der Waals surface area contributed by atoms with E-state index in [1.54, 1.807) is 17.1 Å². The van der Waals surface area contributed by atoms with E-state index in [4.69, 9.17) is 4.98 Å². The van der Waals surface area contributed by atoms with E-state index < -0.39 is 0 Å². The number of hydrogen-bond acceptors (Lipinski definition) is 6. The van der Waals surface area contributed by atoms with Crippen LogP contribution in [0.3, 0.4) is 0 Å². The van der Waals surface area contributed by atoms with Gasteiger partial charge in [0.15, 0.2) is 5.65 Å². The van der Waals surface area contributed by atoms with Crippen molar-refractivity contribution in [3.05, 3.63) is 54.9 Å². The quantitative estimate of drug-likeness (QED) is 0.571. The maximum absolute atomic E-state index is 5.02. The predicted octanol–water partition coefficient (Wildman–Crippen LogP) is 2.74. The van der Waals surface area contributed by atoms with Gasteiger partial charge in [0.05, 0.1) is 18.1 Å². The SMILES string of the molecule is Cn1cc(-c2cnn3c(Nc4ccncc4)cc(C4CCCNC4)nc23)cn1. The third-order valence-corrected chi connectivity index (χ3v) is 5.18. The second-order valence-electron chi connectivity index (χ2n) is 7.17. The molecule has 1 saturated heterocycles. The molecule has 2 N–H and O–H groups in total. The van der Waals surface area contributed by atoms with Gasteiger partial charge in [-0.1, -0.05) is 0 Å². The van der Waals surface area contributed by atoms with Gasteiger partial charge in [-0.05, 0) is 31.5 Å². The molecule has 0 spiro atoms. The smallest absolute Gasteiger partial charge is 0.165 e. The molecule has 0 bridgehead atoms. The zero-order valence-electron chi connectivity index (χ0n) is 15.7. The summed E-state index contributed by atoms with van der Waals surface area (Å²) in [6, 6.07) is 6.00. The lowest BCUT2D eigenvalue weighted by atomic mass is 9.96. The largest absolute Gasteiger partial charge is 0.340 e. The maximum Gasteiger partial charge on any atom is 0.165 e. The topological polar surface area (TPSA) is 85.0 Å². The van der Waals surface area contributed by atoms with Crippen molar-refractivity contribution in [2.45, 2.75) is 18.8 Å². The Hall–Kier alpha value is -3.26. The van der Waals surface area contributed by atoms with Crippen molar-refractivity contribution in [3.63, 3.8) is 0 Å². The minimum Gasteiger partial charge on any atom is -0.340 e. The van der Waals surface area contributed by atoms with Crippen LogP contribution in [0.4, 0.5) is 11.5 Å². The number of fused-ring (bicyclic) bond motifs is 1. The van der Waals surface area contributed by atoms with Crippen LogP contribution in [-0.2, 0) is 7.05 Å². The van der Waals surface area contributed by atoms with E-state index in [0.29, 0.717) is 5.92 Å². The zero-order valence-corrected chi connectivity index (χ0v) is 15.7. The molecule has 4 aromatic heterocycles. The molecule has 0 amide bonds. The molecule has 4 aromatic rings. The fraction of sp³-hybridized carbons (Fsp3) is 0.300. The Kier molecular flexibility index (Phi) is 4.25. The average Bonchev–Trinajstić information content (AvgIpc) is 3.35. The lowest BCUT2D eigenvalue weighted by molar-refractivity contribution is 0.455. The van der Waals surface area contributed by atoms with E-state index >= 15 is 0 Å². The van der Waals surface area contributed by atoms with Gasteiger partial charge in [0.1, 0.15) is 5.82 Å². The highest BCUT2D eigenvalue weighted by Gasteiger charge is 2.21. The van der Waals surface area contributed by atoms with E-state index in [-0.39, 0.29) is 0 Å². The van der Waals surface area contributed by atoms with Crippen molar-refractivity contribution in [3.8, 4) is 11.1 Å².